The summed E-state index contributed by atoms with van der Waals surface area (Å²) in [6.45, 7) is 3.80. The van der Waals surface area contributed by atoms with Gasteiger partial charge >= 0.3 is 11.0 Å². The molecule has 0 spiro atoms. The quantitative estimate of drug-likeness (QED) is 0.513. The number of methoxy groups -OCH3 is 1. The molecular weight excluding hydrogens is 420 g/mol. The number of aromatic nitrogens is 2. The van der Waals surface area contributed by atoms with Crippen LogP contribution in [0.3, 0.4) is 0 Å². The molecule has 0 aliphatic heterocycles. The SMILES string of the molecule is COCCn1cc[n+](C)c1C.O=S(=O)([N-]S(=O)(=O)C(F)(F)F)C(F)(F)F. The van der Waals surface area contributed by atoms with Crippen LogP contribution >= 0.6 is 0 Å². The number of imidazole rings is 1. The van der Waals surface area contributed by atoms with Gasteiger partial charge in [-0.05, 0) is 0 Å². The molecule has 0 amide bonds. The summed E-state index contributed by atoms with van der Waals surface area (Å²) in [6, 6.07) is 0. The molecule has 0 saturated heterocycles. The van der Waals surface area contributed by atoms with Crippen LogP contribution in [0.4, 0.5) is 26.3 Å². The third kappa shape index (κ3) is 6.73. The van der Waals surface area contributed by atoms with E-state index in [1.165, 1.54) is 5.82 Å². The molecule has 1 aromatic heterocycles. The van der Waals surface area contributed by atoms with Gasteiger partial charge in [-0.2, -0.15) is 26.3 Å². The van der Waals surface area contributed by atoms with Crippen molar-refractivity contribution >= 4 is 20.0 Å². The van der Waals surface area contributed by atoms with E-state index in [1.807, 2.05) is 13.2 Å². The second kappa shape index (κ2) is 8.53. The standard InChI is InChI=1S/C8H15N2O.C2F6NO4S2/c1-8-9(2)4-5-10(8)6-7-11-3;3-1(4,5)14(10,11)9-15(12,13)2(6,7)8/h4-5H,6-7H2,1-3H3;/q+1;-1. The lowest BCUT2D eigenvalue weighted by Gasteiger charge is -2.22. The third-order valence-corrected chi connectivity index (χ3v) is 5.45. The monoisotopic (exact) mass is 435 g/mol. The zero-order valence-corrected chi connectivity index (χ0v) is 15.2. The number of hydrogen-bond acceptors (Lipinski definition) is 5. The third-order valence-electron chi connectivity index (χ3n) is 2.71. The summed E-state index contributed by atoms with van der Waals surface area (Å²) in [7, 11) is -9.68. The summed E-state index contributed by atoms with van der Waals surface area (Å²) < 4.78 is 118. The van der Waals surface area contributed by atoms with E-state index in [0.29, 0.717) is 0 Å². The lowest BCUT2D eigenvalue weighted by molar-refractivity contribution is -0.677. The molecule has 0 fully saturated rings. The Hall–Kier alpha value is -1.39. The first-order valence-electron chi connectivity index (χ1n) is 6.33. The van der Waals surface area contributed by atoms with E-state index in [1.54, 1.807) is 7.11 Å². The molecule has 0 atom stereocenters. The Kier molecular flexibility index (Phi) is 8.08. The predicted octanol–water partition coefficient (Wildman–Crippen LogP) is 1.33. The number of hydrogen-bond donors (Lipinski definition) is 0. The van der Waals surface area contributed by atoms with Crippen molar-refractivity contribution in [2.24, 2.45) is 7.05 Å². The van der Waals surface area contributed by atoms with Crippen molar-refractivity contribution in [2.45, 2.75) is 24.5 Å². The van der Waals surface area contributed by atoms with E-state index in [9.17, 15) is 43.2 Å². The second-order valence-corrected chi connectivity index (χ2v) is 7.98. The molecule has 0 saturated carbocycles. The van der Waals surface area contributed by atoms with Crippen LogP contribution in [0.5, 0.6) is 0 Å². The minimum Gasteiger partial charge on any atom is -0.421 e. The summed E-state index contributed by atoms with van der Waals surface area (Å²) in [4.78, 5) is 0. The number of nitrogens with zero attached hydrogens (tertiary/aromatic N) is 3. The second-order valence-electron chi connectivity index (χ2n) is 4.56. The van der Waals surface area contributed by atoms with E-state index >= 15 is 0 Å². The van der Waals surface area contributed by atoms with Gasteiger partial charge in [-0.1, -0.05) is 0 Å². The Bertz CT molecular complexity index is 756. The van der Waals surface area contributed by atoms with Crippen LogP contribution in [-0.2, 0) is 38.4 Å². The zero-order valence-electron chi connectivity index (χ0n) is 13.5. The molecule has 1 heterocycles. The molecule has 1 rings (SSSR count). The molecule has 0 radical (unpaired) electrons. The molecule has 0 aliphatic rings. The van der Waals surface area contributed by atoms with Gasteiger partial charge in [-0.15, -0.1) is 0 Å². The Morgan fingerprint density at radius 1 is 1.08 bits per heavy atom. The Morgan fingerprint density at radius 2 is 1.50 bits per heavy atom. The number of ether oxygens (including phenoxy) is 1. The summed E-state index contributed by atoms with van der Waals surface area (Å²) in [6.07, 6.45) is 4.11. The van der Waals surface area contributed by atoms with E-state index < -0.39 is 31.1 Å². The molecule has 0 aliphatic carbocycles. The van der Waals surface area contributed by atoms with Crippen molar-refractivity contribution in [1.29, 1.82) is 0 Å². The summed E-state index contributed by atoms with van der Waals surface area (Å²) in [5.74, 6) is 1.25. The molecule has 0 bridgehead atoms. The molecule has 1 aromatic rings. The van der Waals surface area contributed by atoms with Gasteiger partial charge in [-0.25, -0.2) is 26.0 Å². The van der Waals surface area contributed by atoms with E-state index in [0.717, 1.165) is 17.3 Å². The van der Waals surface area contributed by atoms with E-state index in [4.69, 9.17) is 4.74 Å². The smallest absolute Gasteiger partial charge is 0.421 e. The highest BCUT2D eigenvalue weighted by molar-refractivity contribution is 8.13. The summed E-state index contributed by atoms with van der Waals surface area (Å²) in [5, 5.41) is 0. The molecule has 0 unspecified atom stereocenters. The maximum atomic E-state index is 11.4. The van der Waals surface area contributed by atoms with E-state index in [-0.39, 0.29) is 0 Å². The number of sulfonamides is 2. The first kappa shape index (κ1) is 24.6. The topological polar surface area (TPSA) is 100 Å². The number of aryl methyl sites for hydroxylation is 1. The van der Waals surface area contributed by atoms with Crippen molar-refractivity contribution < 1.29 is 52.5 Å². The van der Waals surface area contributed by atoms with Gasteiger partial charge in [0.15, 0.2) is 20.0 Å². The van der Waals surface area contributed by atoms with Gasteiger partial charge in [0.25, 0.3) is 5.82 Å². The van der Waals surface area contributed by atoms with Crippen LogP contribution in [-0.4, -0.2) is 46.1 Å². The Labute approximate surface area is 145 Å². The maximum absolute atomic E-state index is 11.4. The normalized spacial score (nSPS) is 13.3. The van der Waals surface area contributed by atoms with Crippen LogP contribution in [0.1, 0.15) is 5.82 Å². The number of rotatable bonds is 5. The molecule has 0 N–H and O–H groups in total. The average molecular weight is 435 g/mol. The largest absolute Gasteiger partial charge is 0.480 e. The Morgan fingerprint density at radius 3 is 1.77 bits per heavy atom. The molecular formula is C10H15F6N3O5S2. The number of alkyl halides is 6. The van der Waals surface area contributed by atoms with Crippen LogP contribution in [0.25, 0.3) is 4.13 Å². The summed E-state index contributed by atoms with van der Waals surface area (Å²) in [5.41, 5.74) is -12.4. The van der Waals surface area contributed by atoms with Gasteiger partial charge in [0.05, 0.1) is 13.7 Å². The van der Waals surface area contributed by atoms with Crippen molar-refractivity contribution in [1.82, 2.24) is 4.57 Å². The minimum atomic E-state index is -6.72. The van der Waals surface area contributed by atoms with Crippen molar-refractivity contribution in [3.8, 4) is 0 Å². The van der Waals surface area contributed by atoms with Gasteiger partial charge in [0.2, 0.25) is 0 Å². The fraction of sp³-hybridized carbons (Fsp3) is 0.700. The van der Waals surface area contributed by atoms with Gasteiger partial charge in [0.1, 0.15) is 18.9 Å². The van der Waals surface area contributed by atoms with Crippen molar-refractivity contribution in [3.63, 3.8) is 0 Å². The fourth-order valence-corrected chi connectivity index (χ4v) is 2.95. The van der Waals surface area contributed by atoms with Crippen LogP contribution in [0.2, 0.25) is 0 Å². The van der Waals surface area contributed by atoms with Crippen LogP contribution in [0, 0.1) is 6.92 Å². The molecule has 26 heavy (non-hydrogen) atoms. The number of halogens is 6. The fourth-order valence-electron chi connectivity index (χ4n) is 1.24. The molecule has 154 valence electrons. The average Bonchev–Trinajstić information content (AvgIpc) is 2.73. The summed E-state index contributed by atoms with van der Waals surface area (Å²) >= 11 is 0. The van der Waals surface area contributed by atoms with Crippen molar-refractivity contribution in [2.75, 3.05) is 13.7 Å². The first-order valence-corrected chi connectivity index (χ1v) is 9.21. The van der Waals surface area contributed by atoms with Gasteiger partial charge < -0.3 is 8.86 Å². The molecule has 16 heteroatoms. The van der Waals surface area contributed by atoms with Crippen LogP contribution in [0.15, 0.2) is 12.4 Å². The maximum Gasteiger partial charge on any atom is 0.480 e. The lowest BCUT2D eigenvalue weighted by Crippen LogP contribution is -2.30. The predicted molar refractivity (Wildman–Crippen MR) is 75.5 cm³/mol. The minimum absolute atomic E-state index is 0.773. The van der Waals surface area contributed by atoms with Gasteiger partial charge in [-0.3, -0.25) is 0 Å². The van der Waals surface area contributed by atoms with Crippen LogP contribution < -0.4 is 4.57 Å². The van der Waals surface area contributed by atoms with Crippen molar-refractivity contribution in [3.05, 3.63) is 22.3 Å². The van der Waals surface area contributed by atoms with Gasteiger partial charge in [0, 0.05) is 14.0 Å². The Balaban J connectivity index is 0.000000502. The lowest BCUT2D eigenvalue weighted by atomic mass is 10.6. The highest BCUT2D eigenvalue weighted by Crippen LogP contribution is 2.36. The first-order chi connectivity index (χ1) is 11.5. The molecule has 8 nitrogen and oxygen atoms in total. The highest BCUT2D eigenvalue weighted by atomic mass is 32.3. The van der Waals surface area contributed by atoms with E-state index in [2.05, 4.69) is 22.3 Å². The zero-order chi connectivity index (χ0) is 21.0. The molecule has 0 aromatic carbocycles. The highest BCUT2D eigenvalue weighted by Gasteiger charge is 2.46.